The Kier molecular flexibility index (Phi) is 4.33. The van der Waals surface area contributed by atoms with Crippen LogP contribution in [0.1, 0.15) is 40.5 Å². The average Bonchev–Trinajstić information content (AvgIpc) is 2.17. The van der Waals surface area contributed by atoms with Crippen molar-refractivity contribution in [3.63, 3.8) is 0 Å². The molecular weight excluding hydrogens is 206 g/mol. The van der Waals surface area contributed by atoms with Crippen LogP contribution in [0.3, 0.4) is 0 Å². The minimum Gasteiger partial charge on any atom is -0.355 e. The van der Waals surface area contributed by atoms with Crippen LogP contribution in [0.4, 0.5) is 0 Å². The van der Waals surface area contributed by atoms with Gasteiger partial charge in [-0.15, -0.1) is 0 Å². The van der Waals surface area contributed by atoms with E-state index in [-0.39, 0.29) is 11.3 Å². The first-order valence-corrected chi connectivity index (χ1v) is 5.90. The van der Waals surface area contributed by atoms with Crippen LogP contribution in [0.15, 0.2) is 0 Å². The highest BCUT2D eigenvalue weighted by Crippen LogP contribution is 2.21. The third kappa shape index (κ3) is 4.10. The lowest BCUT2D eigenvalue weighted by Gasteiger charge is -2.34. The van der Waals surface area contributed by atoms with Gasteiger partial charge in [0.05, 0.1) is 13.2 Å². The standard InChI is InChI=1S/C12H23NO3/c1-11(2,3)10(14)13-7-6-12(4)15-8-5-9-16-12/h5-9H2,1-4H3,(H,13,14). The fraction of sp³-hybridized carbons (Fsp3) is 0.917. The van der Waals surface area contributed by atoms with Gasteiger partial charge in [0, 0.05) is 18.4 Å². The molecule has 0 aromatic carbocycles. The van der Waals surface area contributed by atoms with E-state index in [9.17, 15) is 4.79 Å². The Bertz CT molecular complexity index is 239. The fourth-order valence-electron chi connectivity index (χ4n) is 1.49. The molecule has 0 spiro atoms. The van der Waals surface area contributed by atoms with Crippen LogP contribution in [0.5, 0.6) is 0 Å². The van der Waals surface area contributed by atoms with Crippen molar-refractivity contribution >= 4 is 5.91 Å². The second-order valence-corrected chi connectivity index (χ2v) is 5.44. The van der Waals surface area contributed by atoms with Gasteiger partial charge in [-0.05, 0) is 13.3 Å². The summed E-state index contributed by atoms with van der Waals surface area (Å²) in [7, 11) is 0. The third-order valence-corrected chi connectivity index (χ3v) is 2.65. The van der Waals surface area contributed by atoms with E-state index in [0.29, 0.717) is 13.0 Å². The van der Waals surface area contributed by atoms with Gasteiger partial charge in [0.1, 0.15) is 0 Å². The molecule has 1 aliphatic heterocycles. The number of carbonyl (C=O) groups is 1. The SMILES string of the molecule is CC1(CCNC(=O)C(C)(C)C)OCCCO1. The quantitative estimate of drug-likeness (QED) is 0.801. The highest BCUT2D eigenvalue weighted by molar-refractivity contribution is 5.81. The second kappa shape index (κ2) is 5.15. The second-order valence-electron chi connectivity index (χ2n) is 5.44. The number of hydrogen-bond acceptors (Lipinski definition) is 3. The highest BCUT2D eigenvalue weighted by Gasteiger charge is 2.29. The summed E-state index contributed by atoms with van der Waals surface area (Å²) < 4.78 is 11.1. The van der Waals surface area contributed by atoms with Gasteiger partial charge in [-0.3, -0.25) is 4.79 Å². The smallest absolute Gasteiger partial charge is 0.225 e. The van der Waals surface area contributed by atoms with Gasteiger partial charge < -0.3 is 14.8 Å². The summed E-state index contributed by atoms with van der Waals surface area (Å²) in [6, 6.07) is 0. The first-order chi connectivity index (χ1) is 7.33. The summed E-state index contributed by atoms with van der Waals surface area (Å²) in [5, 5.41) is 2.90. The zero-order valence-electron chi connectivity index (χ0n) is 10.8. The largest absolute Gasteiger partial charge is 0.355 e. The molecule has 4 nitrogen and oxygen atoms in total. The molecule has 1 amide bonds. The van der Waals surface area contributed by atoms with Crippen LogP contribution >= 0.6 is 0 Å². The van der Waals surface area contributed by atoms with Gasteiger partial charge in [0.15, 0.2) is 5.79 Å². The summed E-state index contributed by atoms with van der Waals surface area (Å²) in [5.74, 6) is -0.462. The van der Waals surface area contributed by atoms with E-state index >= 15 is 0 Å². The molecule has 0 aromatic rings. The molecule has 1 N–H and O–H groups in total. The van der Waals surface area contributed by atoms with Crippen molar-refractivity contribution in [3.8, 4) is 0 Å². The Labute approximate surface area is 97.7 Å². The van der Waals surface area contributed by atoms with E-state index in [1.807, 2.05) is 27.7 Å². The van der Waals surface area contributed by atoms with Crippen molar-refractivity contribution < 1.29 is 14.3 Å². The number of hydrogen-bond donors (Lipinski definition) is 1. The minimum absolute atomic E-state index is 0.0620. The number of nitrogens with one attached hydrogen (secondary N) is 1. The number of rotatable bonds is 3. The zero-order chi connectivity index (χ0) is 12.2. The summed E-state index contributed by atoms with van der Waals surface area (Å²) in [6.07, 6.45) is 1.64. The van der Waals surface area contributed by atoms with Crippen molar-refractivity contribution in [1.29, 1.82) is 0 Å². The third-order valence-electron chi connectivity index (χ3n) is 2.65. The van der Waals surface area contributed by atoms with Gasteiger partial charge in [0.25, 0.3) is 0 Å². The van der Waals surface area contributed by atoms with E-state index in [4.69, 9.17) is 9.47 Å². The highest BCUT2D eigenvalue weighted by atomic mass is 16.7. The van der Waals surface area contributed by atoms with Gasteiger partial charge in [-0.25, -0.2) is 0 Å². The molecule has 0 unspecified atom stereocenters. The molecule has 0 atom stereocenters. The van der Waals surface area contributed by atoms with Gasteiger partial charge in [-0.2, -0.15) is 0 Å². The fourth-order valence-corrected chi connectivity index (χ4v) is 1.49. The summed E-state index contributed by atoms with van der Waals surface area (Å²) in [5.41, 5.74) is -0.338. The normalized spacial score (nSPS) is 20.5. The topological polar surface area (TPSA) is 47.6 Å². The predicted molar refractivity (Wildman–Crippen MR) is 62.0 cm³/mol. The van der Waals surface area contributed by atoms with E-state index in [1.165, 1.54) is 0 Å². The minimum atomic E-state index is -0.524. The van der Waals surface area contributed by atoms with Gasteiger partial charge >= 0.3 is 0 Å². The van der Waals surface area contributed by atoms with Crippen molar-refractivity contribution in [2.24, 2.45) is 5.41 Å². The Morgan fingerprint density at radius 1 is 1.31 bits per heavy atom. The lowest BCUT2D eigenvalue weighted by atomic mass is 9.95. The van der Waals surface area contributed by atoms with Crippen LogP contribution in [-0.2, 0) is 14.3 Å². The van der Waals surface area contributed by atoms with Crippen LogP contribution in [0.2, 0.25) is 0 Å². The number of ether oxygens (including phenoxy) is 2. The summed E-state index contributed by atoms with van der Waals surface area (Å²) in [4.78, 5) is 11.6. The first kappa shape index (κ1) is 13.5. The summed E-state index contributed by atoms with van der Waals surface area (Å²) in [6.45, 7) is 9.70. The Hall–Kier alpha value is -0.610. The van der Waals surface area contributed by atoms with Crippen LogP contribution < -0.4 is 5.32 Å². The van der Waals surface area contributed by atoms with Crippen LogP contribution in [-0.4, -0.2) is 31.5 Å². The van der Waals surface area contributed by atoms with Crippen LogP contribution in [0, 0.1) is 5.41 Å². The van der Waals surface area contributed by atoms with E-state index in [2.05, 4.69) is 5.32 Å². The monoisotopic (exact) mass is 229 g/mol. The van der Waals surface area contributed by atoms with Crippen molar-refractivity contribution in [2.75, 3.05) is 19.8 Å². The molecule has 1 saturated heterocycles. The van der Waals surface area contributed by atoms with Gasteiger partial charge in [0.2, 0.25) is 5.91 Å². The molecule has 0 saturated carbocycles. The maximum Gasteiger partial charge on any atom is 0.225 e. The van der Waals surface area contributed by atoms with Gasteiger partial charge in [-0.1, -0.05) is 20.8 Å². The lowest BCUT2D eigenvalue weighted by molar-refractivity contribution is -0.258. The molecular formula is C12H23NO3. The maximum atomic E-state index is 11.6. The molecule has 1 rings (SSSR count). The molecule has 0 aliphatic carbocycles. The molecule has 16 heavy (non-hydrogen) atoms. The number of carbonyl (C=O) groups excluding carboxylic acids is 1. The molecule has 0 bridgehead atoms. The maximum absolute atomic E-state index is 11.6. The van der Waals surface area contributed by atoms with Crippen molar-refractivity contribution in [3.05, 3.63) is 0 Å². The predicted octanol–water partition coefficient (Wildman–Crippen LogP) is 1.69. The van der Waals surface area contributed by atoms with E-state index in [1.54, 1.807) is 0 Å². The molecule has 0 radical (unpaired) electrons. The molecule has 1 heterocycles. The van der Waals surface area contributed by atoms with Crippen molar-refractivity contribution in [1.82, 2.24) is 5.32 Å². The lowest BCUT2D eigenvalue weighted by Crippen LogP contribution is -2.42. The number of amides is 1. The zero-order valence-corrected chi connectivity index (χ0v) is 10.8. The van der Waals surface area contributed by atoms with E-state index in [0.717, 1.165) is 19.6 Å². The molecule has 1 fully saturated rings. The van der Waals surface area contributed by atoms with E-state index < -0.39 is 5.79 Å². The molecule has 4 heteroatoms. The Balaban J connectivity index is 2.27. The molecule has 0 aromatic heterocycles. The average molecular weight is 229 g/mol. The summed E-state index contributed by atoms with van der Waals surface area (Å²) >= 11 is 0. The Morgan fingerprint density at radius 3 is 2.38 bits per heavy atom. The van der Waals surface area contributed by atoms with Crippen molar-refractivity contribution in [2.45, 2.75) is 46.3 Å². The molecule has 1 aliphatic rings. The Morgan fingerprint density at radius 2 is 1.88 bits per heavy atom. The van der Waals surface area contributed by atoms with Crippen LogP contribution in [0.25, 0.3) is 0 Å². The first-order valence-electron chi connectivity index (χ1n) is 5.90. The molecule has 94 valence electrons.